The van der Waals surface area contributed by atoms with Gasteiger partial charge in [0, 0.05) is 11.7 Å². The van der Waals surface area contributed by atoms with Crippen LogP contribution in [0.5, 0.6) is 0 Å². The Morgan fingerprint density at radius 3 is 2.65 bits per heavy atom. The summed E-state index contributed by atoms with van der Waals surface area (Å²) < 4.78 is 1.75. The lowest BCUT2D eigenvalue weighted by Crippen LogP contribution is -2.40. The van der Waals surface area contributed by atoms with Gasteiger partial charge in [-0.3, -0.25) is 4.79 Å². The third-order valence-electron chi connectivity index (χ3n) is 3.61. The van der Waals surface area contributed by atoms with Crippen molar-refractivity contribution in [3.63, 3.8) is 0 Å². The molecule has 0 radical (unpaired) electrons. The van der Waals surface area contributed by atoms with E-state index in [-0.39, 0.29) is 6.04 Å². The van der Waals surface area contributed by atoms with Crippen molar-refractivity contribution in [3.05, 3.63) is 23.5 Å². The molecule has 7 nitrogen and oxygen atoms in total. The summed E-state index contributed by atoms with van der Waals surface area (Å²) in [5.74, 6) is -1.44. The second-order valence-corrected chi connectivity index (χ2v) is 5.88. The zero-order valence-corrected chi connectivity index (χ0v) is 13.8. The second-order valence-electron chi connectivity index (χ2n) is 5.88. The topological polar surface area (TPSA) is 97.1 Å². The number of nitrogens with zero attached hydrogens (tertiary/aromatic N) is 3. The molecule has 0 fully saturated rings. The number of amides is 1. The molecule has 0 aliphatic heterocycles. The molecule has 0 saturated carbocycles. The number of rotatable bonds is 6. The Hall–Kier alpha value is -2.44. The predicted molar refractivity (Wildman–Crippen MR) is 86.4 cm³/mol. The fourth-order valence-corrected chi connectivity index (χ4v) is 2.49. The summed E-state index contributed by atoms with van der Waals surface area (Å²) >= 11 is 0. The lowest BCUT2D eigenvalue weighted by atomic mass is 10.1. The zero-order chi connectivity index (χ0) is 17.1. The van der Waals surface area contributed by atoms with Crippen LogP contribution in [-0.2, 0) is 4.79 Å². The van der Waals surface area contributed by atoms with E-state index < -0.39 is 17.9 Å². The molecule has 2 aromatic heterocycles. The minimum atomic E-state index is -1.03. The number of fused-ring (bicyclic) bond motifs is 1. The monoisotopic (exact) mass is 318 g/mol. The van der Waals surface area contributed by atoms with Gasteiger partial charge < -0.3 is 10.4 Å². The summed E-state index contributed by atoms with van der Waals surface area (Å²) in [6.45, 7) is 7.65. The number of carbonyl (C=O) groups is 2. The summed E-state index contributed by atoms with van der Waals surface area (Å²) in [4.78, 5) is 28.2. The number of aliphatic carboxylic acids is 1. The number of pyridine rings is 1. The molecule has 23 heavy (non-hydrogen) atoms. The Labute approximate surface area is 134 Å². The first-order chi connectivity index (χ1) is 10.8. The van der Waals surface area contributed by atoms with Crippen molar-refractivity contribution in [2.24, 2.45) is 0 Å². The molecule has 2 aromatic rings. The van der Waals surface area contributed by atoms with Gasteiger partial charge in [0.2, 0.25) is 0 Å². The number of carboxylic acids is 1. The Kier molecular flexibility index (Phi) is 4.98. The number of carbonyl (C=O) groups excluding carboxylic acids is 1. The van der Waals surface area contributed by atoms with Crippen molar-refractivity contribution in [2.45, 2.75) is 52.6 Å². The maximum atomic E-state index is 12.5. The van der Waals surface area contributed by atoms with Crippen LogP contribution in [0.3, 0.4) is 0 Å². The normalized spacial score (nSPS) is 12.6. The van der Waals surface area contributed by atoms with E-state index in [1.54, 1.807) is 23.9 Å². The quantitative estimate of drug-likeness (QED) is 0.852. The number of nitrogens with one attached hydrogen (secondary N) is 1. The van der Waals surface area contributed by atoms with Gasteiger partial charge in [-0.25, -0.2) is 14.5 Å². The molecule has 1 atom stereocenters. The van der Waals surface area contributed by atoms with Crippen LogP contribution in [0.15, 0.2) is 12.3 Å². The molecule has 0 bridgehead atoms. The van der Waals surface area contributed by atoms with Gasteiger partial charge in [0.1, 0.15) is 6.04 Å². The molecule has 0 aromatic carbocycles. The fourth-order valence-electron chi connectivity index (χ4n) is 2.49. The van der Waals surface area contributed by atoms with E-state index in [4.69, 9.17) is 0 Å². The van der Waals surface area contributed by atoms with Crippen LogP contribution in [0.2, 0.25) is 0 Å². The third kappa shape index (κ3) is 3.49. The van der Waals surface area contributed by atoms with E-state index in [0.29, 0.717) is 35.1 Å². The highest BCUT2D eigenvalue weighted by Crippen LogP contribution is 2.21. The van der Waals surface area contributed by atoms with Gasteiger partial charge in [-0.1, -0.05) is 13.3 Å². The van der Waals surface area contributed by atoms with Gasteiger partial charge >= 0.3 is 5.97 Å². The maximum absolute atomic E-state index is 12.5. The molecule has 0 spiro atoms. The Morgan fingerprint density at radius 1 is 1.39 bits per heavy atom. The van der Waals surface area contributed by atoms with Gasteiger partial charge in [-0.2, -0.15) is 5.10 Å². The third-order valence-corrected chi connectivity index (χ3v) is 3.61. The van der Waals surface area contributed by atoms with Crippen LogP contribution in [0.4, 0.5) is 0 Å². The highest BCUT2D eigenvalue weighted by molar-refractivity contribution is 6.06. The molecule has 0 saturated heterocycles. The van der Waals surface area contributed by atoms with Gasteiger partial charge in [0.15, 0.2) is 5.65 Å². The largest absolute Gasteiger partial charge is 0.480 e. The predicted octanol–water partition coefficient (Wildman–Crippen LogP) is 2.30. The summed E-state index contributed by atoms with van der Waals surface area (Å²) in [7, 11) is 0. The first-order valence-electron chi connectivity index (χ1n) is 7.73. The zero-order valence-electron chi connectivity index (χ0n) is 13.8. The fraction of sp³-hybridized carbons (Fsp3) is 0.500. The van der Waals surface area contributed by atoms with Crippen molar-refractivity contribution in [1.82, 2.24) is 20.1 Å². The Morgan fingerprint density at radius 2 is 2.09 bits per heavy atom. The first-order valence-corrected chi connectivity index (χ1v) is 7.73. The SMILES string of the molecule is CCCC(NC(=O)c1cc(C)nc2c1cnn2C(C)C)C(=O)O. The molecule has 0 aliphatic carbocycles. The van der Waals surface area contributed by atoms with E-state index in [1.807, 2.05) is 20.8 Å². The lowest BCUT2D eigenvalue weighted by Gasteiger charge is -2.14. The molecule has 124 valence electrons. The standard InChI is InChI=1S/C16H22N4O3/c1-5-6-13(16(22)23)19-15(21)11-7-10(4)18-14-12(11)8-17-20(14)9(2)3/h7-9,13H,5-6H2,1-4H3,(H,19,21)(H,22,23). The van der Waals surface area contributed by atoms with Gasteiger partial charge in [0.25, 0.3) is 5.91 Å². The van der Waals surface area contributed by atoms with Crippen LogP contribution < -0.4 is 5.32 Å². The Bertz CT molecular complexity index is 736. The lowest BCUT2D eigenvalue weighted by molar-refractivity contribution is -0.139. The van der Waals surface area contributed by atoms with Gasteiger partial charge in [0.05, 0.1) is 17.1 Å². The molecule has 1 unspecified atom stereocenters. The van der Waals surface area contributed by atoms with E-state index in [0.717, 1.165) is 0 Å². The van der Waals surface area contributed by atoms with Crippen LogP contribution >= 0.6 is 0 Å². The van der Waals surface area contributed by atoms with Crippen LogP contribution in [0.25, 0.3) is 11.0 Å². The summed E-state index contributed by atoms with van der Waals surface area (Å²) in [6, 6.07) is 0.884. The molecule has 0 aliphatic rings. The van der Waals surface area contributed by atoms with Crippen LogP contribution in [0, 0.1) is 6.92 Å². The number of hydrogen-bond acceptors (Lipinski definition) is 4. The number of hydrogen-bond donors (Lipinski definition) is 2. The van der Waals surface area contributed by atoms with Crippen LogP contribution in [-0.4, -0.2) is 37.8 Å². The highest BCUT2D eigenvalue weighted by Gasteiger charge is 2.22. The van der Waals surface area contributed by atoms with Crippen molar-refractivity contribution < 1.29 is 14.7 Å². The summed E-state index contributed by atoms with van der Waals surface area (Å²) in [6.07, 6.45) is 2.67. The highest BCUT2D eigenvalue weighted by atomic mass is 16.4. The van der Waals surface area contributed by atoms with E-state index in [2.05, 4.69) is 15.4 Å². The summed E-state index contributed by atoms with van der Waals surface area (Å²) in [5.41, 5.74) is 1.72. The van der Waals surface area contributed by atoms with Gasteiger partial charge in [-0.15, -0.1) is 0 Å². The number of aromatic nitrogens is 3. The summed E-state index contributed by atoms with van der Waals surface area (Å²) in [5, 5.41) is 16.7. The maximum Gasteiger partial charge on any atom is 0.326 e. The average molecular weight is 318 g/mol. The number of aryl methyl sites for hydroxylation is 1. The Balaban J connectivity index is 2.42. The molecule has 2 rings (SSSR count). The molecule has 7 heteroatoms. The first kappa shape index (κ1) is 16.9. The van der Waals surface area contributed by atoms with E-state index in [1.165, 1.54) is 0 Å². The molecular formula is C16H22N4O3. The molecule has 1 amide bonds. The van der Waals surface area contributed by atoms with Crippen molar-refractivity contribution in [1.29, 1.82) is 0 Å². The van der Waals surface area contributed by atoms with Crippen molar-refractivity contribution in [2.75, 3.05) is 0 Å². The molecule has 2 heterocycles. The second kappa shape index (κ2) is 6.76. The van der Waals surface area contributed by atoms with E-state index >= 15 is 0 Å². The van der Waals surface area contributed by atoms with Crippen LogP contribution in [0.1, 0.15) is 55.7 Å². The average Bonchev–Trinajstić information content (AvgIpc) is 2.89. The van der Waals surface area contributed by atoms with Gasteiger partial charge in [-0.05, 0) is 33.3 Å². The van der Waals surface area contributed by atoms with E-state index in [9.17, 15) is 14.7 Å². The molecule has 2 N–H and O–H groups in total. The minimum Gasteiger partial charge on any atom is -0.480 e. The van der Waals surface area contributed by atoms with Crippen molar-refractivity contribution in [3.8, 4) is 0 Å². The smallest absolute Gasteiger partial charge is 0.326 e. The molecular weight excluding hydrogens is 296 g/mol. The van der Waals surface area contributed by atoms with Crippen molar-refractivity contribution >= 4 is 22.9 Å². The number of carboxylic acid groups (broad SMARTS) is 1. The minimum absolute atomic E-state index is 0.115.